The number of amides is 2. The average Bonchev–Trinajstić information content (AvgIpc) is 3.57. The van der Waals surface area contributed by atoms with Gasteiger partial charge >= 0.3 is 0 Å². The first kappa shape index (κ1) is 33.7. The van der Waals surface area contributed by atoms with Crippen molar-refractivity contribution in [1.82, 2.24) is 10.2 Å². The van der Waals surface area contributed by atoms with Gasteiger partial charge in [-0.2, -0.15) is 0 Å². The molecule has 0 saturated heterocycles. The number of halogens is 2. The van der Waals surface area contributed by atoms with Crippen LogP contribution in [-0.4, -0.2) is 43.8 Å². The summed E-state index contributed by atoms with van der Waals surface area (Å²) >= 11 is 9.99. The van der Waals surface area contributed by atoms with Gasteiger partial charge in [-0.1, -0.05) is 107 Å². The first-order valence-electron chi connectivity index (χ1n) is 15.3. The van der Waals surface area contributed by atoms with E-state index in [1.807, 2.05) is 54.6 Å². The standard InChI is InChI=1S/C36H37BrClN3O4S/c1-26-32(38)20-11-21-33(26)41(46(44,45)31-18-6-3-7-19-31)25-35(42)40(24-28-14-10-15-29(37)22-28)34(23-27-12-4-2-5-13-27)36(43)39-30-16-8-9-17-30/h2-7,10-15,18-22,30,34H,8-9,16-17,23-25H2,1H3,(H,39,43)/t34-/m0/s1. The van der Waals surface area contributed by atoms with E-state index in [0.29, 0.717) is 16.3 Å². The van der Waals surface area contributed by atoms with E-state index in [4.69, 9.17) is 11.6 Å². The van der Waals surface area contributed by atoms with Crippen molar-refractivity contribution < 1.29 is 18.0 Å². The van der Waals surface area contributed by atoms with Crippen molar-refractivity contribution >= 4 is 55.1 Å². The van der Waals surface area contributed by atoms with E-state index >= 15 is 0 Å². The Kier molecular flexibility index (Phi) is 11.2. The van der Waals surface area contributed by atoms with E-state index in [0.717, 1.165) is 45.6 Å². The normalized spacial score (nSPS) is 14.1. The molecule has 0 heterocycles. The van der Waals surface area contributed by atoms with Gasteiger partial charge in [0.15, 0.2) is 0 Å². The third-order valence-electron chi connectivity index (χ3n) is 8.33. The summed E-state index contributed by atoms with van der Waals surface area (Å²) in [6, 6.07) is 29.2. The van der Waals surface area contributed by atoms with Gasteiger partial charge < -0.3 is 10.2 Å². The number of hydrogen-bond donors (Lipinski definition) is 1. The highest BCUT2D eigenvalue weighted by atomic mass is 79.9. The van der Waals surface area contributed by atoms with Crippen LogP contribution in [0.5, 0.6) is 0 Å². The van der Waals surface area contributed by atoms with Crippen molar-refractivity contribution in [2.24, 2.45) is 0 Å². The minimum atomic E-state index is -4.21. The van der Waals surface area contributed by atoms with Gasteiger partial charge in [-0.15, -0.1) is 0 Å². The lowest BCUT2D eigenvalue weighted by Gasteiger charge is -2.34. The predicted molar refractivity (Wildman–Crippen MR) is 186 cm³/mol. The minimum absolute atomic E-state index is 0.0395. The molecular formula is C36H37BrClN3O4S. The van der Waals surface area contributed by atoms with Crippen LogP contribution in [0, 0.1) is 6.92 Å². The number of carbonyl (C=O) groups excluding carboxylic acids is 2. The minimum Gasteiger partial charge on any atom is -0.352 e. The molecule has 0 unspecified atom stereocenters. The van der Waals surface area contributed by atoms with Gasteiger partial charge in [0, 0.05) is 28.5 Å². The number of carbonyl (C=O) groups is 2. The van der Waals surface area contributed by atoms with E-state index in [1.165, 1.54) is 17.0 Å². The molecule has 7 nitrogen and oxygen atoms in total. The third kappa shape index (κ3) is 8.18. The van der Waals surface area contributed by atoms with Gasteiger partial charge in [-0.25, -0.2) is 8.42 Å². The molecule has 10 heteroatoms. The van der Waals surface area contributed by atoms with E-state index in [-0.39, 0.29) is 29.8 Å². The van der Waals surface area contributed by atoms with Crippen molar-refractivity contribution in [2.75, 3.05) is 10.8 Å². The van der Waals surface area contributed by atoms with Crippen LogP contribution in [0.15, 0.2) is 112 Å². The van der Waals surface area contributed by atoms with Gasteiger partial charge in [0.25, 0.3) is 10.0 Å². The zero-order valence-corrected chi connectivity index (χ0v) is 28.8. The van der Waals surface area contributed by atoms with Gasteiger partial charge in [0.1, 0.15) is 12.6 Å². The summed E-state index contributed by atoms with van der Waals surface area (Å²) in [6.07, 6.45) is 4.13. The molecule has 4 aromatic rings. The molecular weight excluding hydrogens is 686 g/mol. The Labute approximate surface area is 284 Å². The summed E-state index contributed by atoms with van der Waals surface area (Å²) in [5.74, 6) is -0.767. The lowest BCUT2D eigenvalue weighted by molar-refractivity contribution is -0.140. The highest BCUT2D eigenvalue weighted by molar-refractivity contribution is 9.10. The largest absolute Gasteiger partial charge is 0.352 e. The van der Waals surface area contributed by atoms with E-state index < -0.39 is 28.5 Å². The molecule has 0 aliphatic heterocycles. The van der Waals surface area contributed by atoms with E-state index in [2.05, 4.69) is 21.2 Å². The van der Waals surface area contributed by atoms with Crippen LogP contribution in [0.1, 0.15) is 42.4 Å². The van der Waals surface area contributed by atoms with Gasteiger partial charge in [0.05, 0.1) is 10.6 Å². The maximum atomic E-state index is 14.7. The fourth-order valence-corrected chi connectivity index (χ4v) is 7.96. The van der Waals surface area contributed by atoms with Crippen LogP contribution in [0.4, 0.5) is 5.69 Å². The summed E-state index contributed by atoms with van der Waals surface area (Å²) in [5, 5.41) is 3.57. The molecule has 1 aliphatic rings. The van der Waals surface area contributed by atoms with Gasteiger partial charge in [-0.3, -0.25) is 13.9 Å². The van der Waals surface area contributed by atoms with Crippen molar-refractivity contribution in [3.05, 3.63) is 129 Å². The second-order valence-electron chi connectivity index (χ2n) is 11.6. The number of rotatable bonds is 12. The van der Waals surface area contributed by atoms with Gasteiger partial charge in [-0.05, 0) is 72.9 Å². The van der Waals surface area contributed by atoms with Crippen LogP contribution < -0.4 is 9.62 Å². The molecule has 240 valence electrons. The van der Waals surface area contributed by atoms with Crippen molar-refractivity contribution in [3.8, 4) is 0 Å². The zero-order chi connectivity index (χ0) is 32.7. The quantitative estimate of drug-likeness (QED) is 0.166. The molecule has 1 aliphatic carbocycles. The summed E-state index contributed by atoms with van der Waals surface area (Å²) < 4.78 is 30.4. The van der Waals surface area contributed by atoms with E-state index in [9.17, 15) is 18.0 Å². The first-order chi connectivity index (χ1) is 22.1. The number of nitrogens with one attached hydrogen (secondary N) is 1. The van der Waals surface area contributed by atoms with Crippen LogP contribution in [-0.2, 0) is 32.6 Å². The summed E-state index contributed by atoms with van der Waals surface area (Å²) in [6.45, 7) is 1.29. The Morgan fingerprint density at radius 1 is 0.891 bits per heavy atom. The second kappa shape index (κ2) is 15.3. The Morgan fingerprint density at radius 3 is 2.20 bits per heavy atom. The smallest absolute Gasteiger partial charge is 0.264 e. The Balaban J connectivity index is 1.59. The van der Waals surface area contributed by atoms with Crippen molar-refractivity contribution in [3.63, 3.8) is 0 Å². The van der Waals surface area contributed by atoms with Gasteiger partial charge in [0.2, 0.25) is 11.8 Å². The molecule has 0 aromatic heterocycles. The fourth-order valence-electron chi connectivity index (χ4n) is 5.85. The SMILES string of the molecule is Cc1c(Cl)cccc1N(CC(=O)N(Cc1cccc(Br)c1)[C@@H](Cc1ccccc1)C(=O)NC1CCCC1)S(=O)(=O)c1ccccc1. The van der Waals surface area contributed by atoms with Crippen LogP contribution in [0.2, 0.25) is 5.02 Å². The number of hydrogen-bond acceptors (Lipinski definition) is 4. The molecule has 4 aromatic carbocycles. The Bertz CT molecular complexity index is 1770. The lowest BCUT2D eigenvalue weighted by atomic mass is 10.0. The molecule has 0 bridgehead atoms. The maximum Gasteiger partial charge on any atom is 0.264 e. The molecule has 46 heavy (non-hydrogen) atoms. The first-order valence-corrected chi connectivity index (χ1v) is 18.0. The molecule has 0 spiro atoms. The molecule has 1 saturated carbocycles. The lowest BCUT2D eigenvalue weighted by Crippen LogP contribution is -2.54. The molecule has 5 rings (SSSR count). The summed E-state index contributed by atoms with van der Waals surface area (Å²) in [7, 11) is -4.21. The summed E-state index contributed by atoms with van der Waals surface area (Å²) in [5.41, 5.74) is 2.50. The van der Waals surface area contributed by atoms with Crippen LogP contribution >= 0.6 is 27.5 Å². The van der Waals surface area contributed by atoms with Crippen LogP contribution in [0.3, 0.4) is 0 Å². The topological polar surface area (TPSA) is 86.8 Å². The number of nitrogens with zero attached hydrogens (tertiary/aromatic N) is 2. The third-order valence-corrected chi connectivity index (χ3v) is 11.0. The molecule has 2 amide bonds. The molecule has 1 fully saturated rings. The molecule has 0 radical (unpaired) electrons. The highest BCUT2D eigenvalue weighted by Crippen LogP contribution is 2.31. The molecule has 1 N–H and O–H groups in total. The average molecular weight is 723 g/mol. The number of anilines is 1. The monoisotopic (exact) mass is 721 g/mol. The Hall–Kier alpha value is -3.66. The fraction of sp³-hybridized carbons (Fsp3) is 0.278. The highest BCUT2D eigenvalue weighted by Gasteiger charge is 2.36. The summed E-state index contributed by atoms with van der Waals surface area (Å²) in [4.78, 5) is 30.3. The predicted octanol–water partition coefficient (Wildman–Crippen LogP) is 7.31. The zero-order valence-electron chi connectivity index (χ0n) is 25.6. The number of benzene rings is 4. The van der Waals surface area contributed by atoms with Crippen molar-refractivity contribution in [1.29, 1.82) is 0 Å². The van der Waals surface area contributed by atoms with Crippen molar-refractivity contribution in [2.45, 2.75) is 62.6 Å². The van der Waals surface area contributed by atoms with E-state index in [1.54, 1.807) is 43.3 Å². The molecule has 1 atom stereocenters. The van der Waals surface area contributed by atoms with Crippen LogP contribution in [0.25, 0.3) is 0 Å². The second-order valence-corrected chi connectivity index (χ2v) is 14.7. The Morgan fingerprint density at radius 2 is 1.52 bits per heavy atom. The number of sulfonamides is 1. The maximum absolute atomic E-state index is 14.7.